The van der Waals surface area contributed by atoms with Crippen LogP contribution in [-0.2, 0) is 26.7 Å². The van der Waals surface area contributed by atoms with E-state index in [1.807, 2.05) is 4.90 Å². The van der Waals surface area contributed by atoms with Gasteiger partial charge in [-0.1, -0.05) is 24.3 Å². The van der Waals surface area contributed by atoms with Gasteiger partial charge in [0, 0.05) is 38.4 Å². The SMILES string of the molecule is O=C(c1cccs1)N(CC1C2CN(S(=O)(=O)Cc3cccc(C(F)(F)F)c3)CC12)c1ccc(N2CCOCC2)c(F)c1. The number of hydrogen-bond acceptors (Lipinski definition) is 6. The molecule has 6 rings (SSSR count). The third-order valence-electron chi connectivity index (χ3n) is 8.30. The summed E-state index contributed by atoms with van der Waals surface area (Å²) in [6.07, 6.45) is -4.56. The number of anilines is 2. The molecule has 1 amide bonds. The minimum absolute atomic E-state index is 0.0115. The van der Waals surface area contributed by atoms with Crippen LogP contribution in [0, 0.1) is 23.6 Å². The minimum atomic E-state index is -4.56. The summed E-state index contributed by atoms with van der Waals surface area (Å²) in [6.45, 7) is 2.97. The number of benzene rings is 2. The van der Waals surface area contributed by atoms with Crippen molar-refractivity contribution < 1.29 is 35.5 Å². The van der Waals surface area contributed by atoms with Crippen LogP contribution in [-0.4, -0.2) is 64.6 Å². The number of thiophene rings is 1. The normalized spacial score (nSPS) is 22.7. The molecule has 2 atom stereocenters. The Balaban J connectivity index is 1.15. The molecular formula is C29H29F4N3O4S2. The van der Waals surface area contributed by atoms with Gasteiger partial charge in [-0.25, -0.2) is 17.1 Å². The number of amides is 1. The number of sulfonamides is 1. The highest BCUT2D eigenvalue weighted by Gasteiger charge is 2.58. The molecule has 1 aromatic heterocycles. The molecule has 0 N–H and O–H groups in total. The largest absolute Gasteiger partial charge is 0.416 e. The Bertz CT molecular complexity index is 1550. The molecule has 42 heavy (non-hydrogen) atoms. The van der Waals surface area contributed by atoms with Crippen LogP contribution in [0.15, 0.2) is 60.0 Å². The summed E-state index contributed by atoms with van der Waals surface area (Å²) < 4.78 is 87.4. The van der Waals surface area contributed by atoms with Crippen LogP contribution in [0.5, 0.6) is 0 Å². The smallest absolute Gasteiger partial charge is 0.378 e. The van der Waals surface area contributed by atoms with Crippen LogP contribution >= 0.6 is 11.3 Å². The van der Waals surface area contributed by atoms with Crippen molar-refractivity contribution >= 4 is 38.6 Å². The first-order valence-electron chi connectivity index (χ1n) is 13.6. The van der Waals surface area contributed by atoms with Crippen LogP contribution in [0.2, 0.25) is 0 Å². The van der Waals surface area contributed by atoms with Gasteiger partial charge in [-0.2, -0.15) is 13.2 Å². The van der Waals surface area contributed by atoms with Crippen molar-refractivity contribution in [3.05, 3.63) is 81.8 Å². The van der Waals surface area contributed by atoms with E-state index in [1.54, 1.807) is 34.5 Å². The zero-order chi connectivity index (χ0) is 29.6. The average molecular weight is 624 g/mol. The first-order valence-corrected chi connectivity index (χ1v) is 16.1. The number of carbonyl (C=O) groups excluding carboxylic acids is 1. The maximum absolute atomic E-state index is 15.3. The Morgan fingerprint density at radius 1 is 1.02 bits per heavy atom. The molecule has 3 aromatic rings. The van der Waals surface area contributed by atoms with Gasteiger partial charge in [0.2, 0.25) is 10.0 Å². The highest BCUT2D eigenvalue weighted by molar-refractivity contribution is 7.88. The molecule has 1 saturated carbocycles. The fourth-order valence-electron chi connectivity index (χ4n) is 6.02. The van der Waals surface area contributed by atoms with Crippen LogP contribution in [0.25, 0.3) is 0 Å². The van der Waals surface area contributed by atoms with E-state index in [1.165, 1.54) is 33.8 Å². The lowest BCUT2D eigenvalue weighted by Crippen LogP contribution is -2.38. The van der Waals surface area contributed by atoms with E-state index in [0.29, 0.717) is 49.1 Å². The first-order chi connectivity index (χ1) is 20.0. The number of hydrogen-bond donors (Lipinski definition) is 0. The lowest BCUT2D eigenvalue weighted by Gasteiger charge is -2.30. The lowest BCUT2D eigenvalue weighted by atomic mass is 10.1. The highest BCUT2D eigenvalue weighted by Crippen LogP contribution is 2.53. The van der Waals surface area contributed by atoms with Gasteiger partial charge in [0.15, 0.2) is 0 Å². The average Bonchev–Trinajstić information content (AvgIpc) is 3.35. The summed E-state index contributed by atoms with van der Waals surface area (Å²) in [5, 5.41) is 1.80. The number of piperidine rings is 1. The number of nitrogens with zero attached hydrogens (tertiary/aromatic N) is 3. The summed E-state index contributed by atoms with van der Waals surface area (Å²) in [7, 11) is -3.83. The third kappa shape index (κ3) is 5.92. The quantitative estimate of drug-likeness (QED) is 0.327. The monoisotopic (exact) mass is 623 g/mol. The van der Waals surface area contributed by atoms with E-state index in [4.69, 9.17) is 4.74 Å². The number of fused-ring (bicyclic) bond motifs is 1. The van der Waals surface area contributed by atoms with Crippen LogP contribution in [0.4, 0.5) is 28.9 Å². The van der Waals surface area contributed by atoms with Crippen molar-refractivity contribution in [2.45, 2.75) is 11.9 Å². The van der Waals surface area contributed by atoms with Gasteiger partial charge in [-0.15, -0.1) is 11.3 Å². The maximum Gasteiger partial charge on any atom is 0.416 e. The Morgan fingerprint density at radius 3 is 2.40 bits per heavy atom. The lowest BCUT2D eigenvalue weighted by molar-refractivity contribution is -0.137. The van der Waals surface area contributed by atoms with Crippen molar-refractivity contribution in [3.63, 3.8) is 0 Å². The number of ether oxygens (including phenoxy) is 1. The molecule has 3 aliphatic rings. The van der Waals surface area contributed by atoms with E-state index in [0.717, 1.165) is 12.1 Å². The zero-order valence-corrected chi connectivity index (χ0v) is 24.1. The van der Waals surface area contributed by atoms with Gasteiger partial charge in [0.25, 0.3) is 5.91 Å². The molecule has 3 heterocycles. The fourth-order valence-corrected chi connectivity index (χ4v) is 8.28. The van der Waals surface area contributed by atoms with Crippen LogP contribution in [0.1, 0.15) is 20.8 Å². The van der Waals surface area contributed by atoms with Gasteiger partial charge in [-0.3, -0.25) is 4.79 Å². The van der Waals surface area contributed by atoms with E-state index >= 15 is 4.39 Å². The van der Waals surface area contributed by atoms with E-state index < -0.39 is 33.3 Å². The van der Waals surface area contributed by atoms with Crippen molar-refractivity contribution in [2.24, 2.45) is 17.8 Å². The van der Waals surface area contributed by atoms with Crippen LogP contribution in [0.3, 0.4) is 0 Å². The predicted molar refractivity (Wildman–Crippen MR) is 152 cm³/mol. The van der Waals surface area contributed by atoms with Gasteiger partial charge in [0.1, 0.15) is 5.82 Å². The van der Waals surface area contributed by atoms with Crippen molar-refractivity contribution in [2.75, 3.05) is 55.7 Å². The molecule has 0 bridgehead atoms. The Hall–Kier alpha value is -3.00. The Kier molecular flexibility index (Phi) is 7.79. The van der Waals surface area contributed by atoms with Crippen molar-refractivity contribution in [1.82, 2.24) is 4.31 Å². The van der Waals surface area contributed by atoms with Crippen molar-refractivity contribution in [3.8, 4) is 0 Å². The van der Waals surface area contributed by atoms with E-state index in [9.17, 15) is 26.4 Å². The number of carbonyl (C=O) groups is 1. The molecule has 2 saturated heterocycles. The van der Waals surface area contributed by atoms with E-state index in [2.05, 4.69) is 0 Å². The Labute approximate surface area is 245 Å². The number of rotatable bonds is 8. The maximum atomic E-state index is 15.3. The number of alkyl halides is 3. The summed E-state index contributed by atoms with van der Waals surface area (Å²) in [4.78, 5) is 17.5. The summed E-state index contributed by atoms with van der Waals surface area (Å²) in [6, 6.07) is 12.7. The fraction of sp³-hybridized carbons (Fsp3) is 0.414. The Morgan fingerprint density at radius 2 is 1.76 bits per heavy atom. The van der Waals surface area contributed by atoms with Gasteiger partial charge in [0.05, 0.1) is 35.1 Å². The second kappa shape index (κ2) is 11.3. The topological polar surface area (TPSA) is 70.2 Å². The zero-order valence-electron chi connectivity index (χ0n) is 22.5. The summed E-state index contributed by atoms with van der Waals surface area (Å²) >= 11 is 1.29. The molecule has 2 aromatic carbocycles. The second-order valence-electron chi connectivity index (χ2n) is 10.9. The minimum Gasteiger partial charge on any atom is -0.378 e. The van der Waals surface area contributed by atoms with E-state index in [-0.39, 0.29) is 42.3 Å². The molecule has 7 nitrogen and oxygen atoms in total. The number of halogens is 4. The number of morpholine rings is 1. The molecule has 0 spiro atoms. The third-order valence-corrected chi connectivity index (χ3v) is 10.9. The molecule has 1 aliphatic carbocycles. The molecule has 224 valence electrons. The first kappa shape index (κ1) is 29.1. The standard InChI is InChI=1S/C29H29F4N3O4S2/c30-25-14-21(6-7-26(25)34-8-10-40-11-9-34)36(28(37)27-5-2-12-41-27)17-24-22-15-35(16-23(22)24)42(38,39)18-19-3-1-4-20(13-19)29(31,32)33/h1-7,12-14,22-24H,8-11,15-18H2. The molecule has 3 fully saturated rings. The molecule has 13 heteroatoms. The summed E-state index contributed by atoms with van der Waals surface area (Å²) in [5.74, 6) is -1.15. The van der Waals surface area contributed by atoms with Crippen LogP contribution < -0.4 is 9.80 Å². The highest BCUT2D eigenvalue weighted by atomic mass is 32.2. The molecule has 2 aliphatic heterocycles. The van der Waals surface area contributed by atoms with Gasteiger partial charge >= 0.3 is 6.18 Å². The molecule has 0 radical (unpaired) electrons. The summed E-state index contributed by atoms with van der Waals surface area (Å²) in [5.41, 5.74) is 0.0825. The molecule has 2 unspecified atom stereocenters. The van der Waals surface area contributed by atoms with Gasteiger partial charge < -0.3 is 14.5 Å². The van der Waals surface area contributed by atoms with Gasteiger partial charge in [-0.05, 0) is 59.0 Å². The van der Waals surface area contributed by atoms with Crippen molar-refractivity contribution in [1.29, 1.82) is 0 Å². The molecular weight excluding hydrogens is 594 g/mol. The second-order valence-corrected chi connectivity index (χ2v) is 13.8. The predicted octanol–water partition coefficient (Wildman–Crippen LogP) is 5.10.